The highest BCUT2D eigenvalue weighted by atomic mass is 35.7. The predicted molar refractivity (Wildman–Crippen MR) is 44.5 cm³/mol. The zero-order chi connectivity index (χ0) is 8.91. The fourth-order valence-corrected chi connectivity index (χ4v) is 2.20. The van der Waals surface area contributed by atoms with Crippen molar-refractivity contribution in [3.63, 3.8) is 0 Å². The van der Waals surface area contributed by atoms with Gasteiger partial charge in [0.25, 0.3) is 9.05 Å². The summed E-state index contributed by atoms with van der Waals surface area (Å²) in [6.45, 7) is 2.00. The number of thiophene rings is 1. The molecule has 0 fully saturated rings. The predicted octanol–water partition coefficient (Wildman–Crippen LogP) is 1.49. The fourth-order valence-electron chi connectivity index (χ4n) is 0.402. The number of hydrogen-bond acceptors (Lipinski definition) is 4. The number of carbonyl (C=O) groups is 1. The van der Waals surface area contributed by atoms with E-state index in [1.54, 1.807) is 11.4 Å². The first kappa shape index (κ1) is 10.6. The van der Waals surface area contributed by atoms with E-state index in [9.17, 15) is 8.42 Å². The van der Waals surface area contributed by atoms with Crippen LogP contribution in [0.5, 0.6) is 0 Å². The van der Waals surface area contributed by atoms with Crippen molar-refractivity contribution < 1.29 is 13.2 Å². The van der Waals surface area contributed by atoms with Gasteiger partial charge in [-0.2, -0.15) is 0 Å². The topological polar surface area (TPSA) is 51.2 Å². The lowest BCUT2D eigenvalue weighted by atomic mass is 10.7. The van der Waals surface area contributed by atoms with Crippen molar-refractivity contribution in [1.82, 2.24) is 0 Å². The lowest BCUT2D eigenvalue weighted by Crippen LogP contribution is -1.82. The molecule has 0 amide bonds. The minimum atomic E-state index is -3.47. The van der Waals surface area contributed by atoms with Crippen LogP contribution in [0.2, 0.25) is 0 Å². The molecule has 3 nitrogen and oxygen atoms in total. The molecule has 62 valence electrons. The van der Waals surface area contributed by atoms with Gasteiger partial charge in [0, 0.05) is 10.7 Å². The molecule has 0 bridgehead atoms. The highest BCUT2D eigenvalue weighted by molar-refractivity contribution is 8.15. The van der Waals surface area contributed by atoms with Gasteiger partial charge in [-0.1, -0.05) is 6.07 Å². The van der Waals surface area contributed by atoms with Crippen molar-refractivity contribution in [3.8, 4) is 0 Å². The maximum absolute atomic E-state index is 10.5. The van der Waals surface area contributed by atoms with Gasteiger partial charge >= 0.3 is 0 Å². The molecule has 0 N–H and O–H groups in total. The molecule has 0 saturated heterocycles. The van der Waals surface area contributed by atoms with Gasteiger partial charge in [-0.25, -0.2) is 8.42 Å². The van der Waals surface area contributed by atoms with Crippen LogP contribution >= 0.6 is 22.0 Å². The molecule has 1 rings (SSSR count). The lowest BCUT2D eigenvalue weighted by molar-refractivity contribution is -0.0979. The Kier molecular flexibility index (Phi) is 4.32. The van der Waals surface area contributed by atoms with E-state index in [4.69, 9.17) is 15.5 Å². The summed E-state index contributed by atoms with van der Waals surface area (Å²) in [4.78, 5) is 8.00. The molecule has 0 unspecified atom stereocenters. The van der Waals surface area contributed by atoms with Crippen LogP contribution in [0, 0.1) is 0 Å². The van der Waals surface area contributed by atoms with Crippen LogP contribution in [-0.4, -0.2) is 15.2 Å². The van der Waals surface area contributed by atoms with Crippen LogP contribution in [0.25, 0.3) is 0 Å². The van der Waals surface area contributed by atoms with Crippen LogP contribution in [0.1, 0.15) is 0 Å². The van der Waals surface area contributed by atoms with E-state index in [0.29, 0.717) is 0 Å². The second-order valence-corrected chi connectivity index (χ2v) is 5.11. The highest BCUT2D eigenvalue weighted by Gasteiger charge is 2.08. The minimum absolute atomic E-state index is 0.198. The van der Waals surface area contributed by atoms with Crippen LogP contribution in [0.4, 0.5) is 0 Å². The van der Waals surface area contributed by atoms with Crippen LogP contribution in [0.15, 0.2) is 21.7 Å². The standard InChI is InChI=1S/C4H3ClO2S2.CH2O/c5-9(6,7)4-2-1-3-8-4;1-2/h1-3H;1H2. The average molecular weight is 213 g/mol. The highest BCUT2D eigenvalue weighted by Crippen LogP contribution is 2.19. The van der Waals surface area contributed by atoms with Gasteiger partial charge in [0.2, 0.25) is 0 Å². The molecule has 6 heteroatoms. The van der Waals surface area contributed by atoms with Crippen molar-refractivity contribution in [1.29, 1.82) is 0 Å². The normalized spacial score (nSPS) is 9.91. The molecule has 0 aliphatic heterocycles. The molecule has 1 heterocycles. The molecular weight excluding hydrogens is 208 g/mol. The summed E-state index contributed by atoms with van der Waals surface area (Å²) in [7, 11) is 1.51. The van der Waals surface area contributed by atoms with Crippen molar-refractivity contribution in [2.45, 2.75) is 4.21 Å². The first-order valence-corrected chi connectivity index (χ1v) is 5.56. The molecule has 0 atom stereocenters. The molecule has 11 heavy (non-hydrogen) atoms. The summed E-state index contributed by atoms with van der Waals surface area (Å²) < 4.78 is 21.1. The maximum atomic E-state index is 10.5. The first-order chi connectivity index (χ1) is 5.11. The molecule has 1 aromatic rings. The summed E-state index contributed by atoms with van der Waals surface area (Å²) in [5.74, 6) is 0. The van der Waals surface area contributed by atoms with Gasteiger partial charge < -0.3 is 4.79 Å². The van der Waals surface area contributed by atoms with Crippen LogP contribution in [0.3, 0.4) is 0 Å². The lowest BCUT2D eigenvalue weighted by Gasteiger charge is -1.82. The Morgan fingerprint density at radius 3 is 2.18 bits per heavy atom. The third-order valence-electron chi connectivity index (χ3n) is 0.735. The Morgan fingerprint density at radius 1 is 1.45 bits per heavy atom. The smallest absolute Gasteiger partial charge is 0.270 e. The van der Waals surface area contributed by atoms with Crippen molar-refractivity contribution >= 4 is 37.9 Å². The first-order valence-electron chi connectivity index (χ1n) is 2.38. The van der Waals surface area contributed by atoms with E-state index < -0.39 is 9.05 Å². The molecular formula is C5H5ClO3S2. The van der Waals surface area contributed by atoms with Gasteiger partial charge in [-0.15, -0.1) is 11.3 Å². The number of halogens is 1. The third kappa shape index (κ3) is 3.50. The van der Waals surface area contributed by atoms with Gasteiger partial charge in [0.1, 0.15) is 11.0 Å². The van der Waals surface area contributed by atoms with Gasteiger partial charge in [-0.05, 0) is 11.4 Å². The zero-order valence-corrected chi connectivity index (χ0v) is 7.75. The van der Waals surface area contributed by atoms with E-state index in [1.165, 1.54) is 6.07 Å². The third-order valence-corrected chi connectivity index (χ3v) is 3.73. The van der Waals surface area contributed by atoms with Gasteiger partial charge in [0.05, 0.1) is 0 Å². The Labute approximate surface area is 73.0 Å². The largest absolute Gasteiger partial charge is 0.307 e. The molecule has 0 radical (unpaired) electrons. The van der Waals surface area contributed by atoms with Gasteiger partial charge in [-0.3, -0.25) is 0 Å². The van der Waals surface area contributed by atoms with Gasteiger partial charge in [0.15, 0.2) is 0 Å². The monoisotopic (exact) mass is 212 g/mol. The molecule has 0 spiro atoms. The molecule has 0 aliphatic carbocycles. The summed E-state index contributed by atoms with van der Waals surface area (Å²) in [5.41, 5.74) is 0. The van der Waals surface area contributed by atoms with Crippen molar-refractivity contribution in [2.75, 3.05) is 0 Å². The number of carbonyl (C=O) groups excluding carboxylic acids is 1. The second kappa shape index (κ2) is 4.48. The minimum Gasteiger partial charge on any atom is -0.307 e. The summed E-state index contributed by atoms with van der Waals surface area (Å²) in [6, 6.07) is 3.10. The number of hydrogen-bond donors (Lipinski definition) is 0. The Morgan fingerprint density at radius 2 is 2.00 bits per heavy atom. The van der Waals surface area contributed by atoms with Crippen LogP contribution < -0.4 is 0 Å². The van der Waals surface area contributed by atoms with E-state index in [1.807, 2.05) is 6.79 Å². The van der Waals surface area contributed by atoms with Crippen LogP contribution in [-0.2, 0) is 13.8 Å². The molecule has 0 aromatic carbocycles. The quantitative estimate of drug-likeness (QED) is 0.663. The molecule has 1 aromatic heterocycles. The Balaban J connectivity index is 0.000000461. The van der Waals surface area contributed by atoms with E-state index in [2.05, 4.69) is 0 Å². The summed E-state index contributed by atoms with van der Waals surface area (Å²) >= 11 is 1.11. The zero-order valence-electron chi connectivity index (χ0n) is 5.36. The Hall–Kier alpha value is -0.390. The van der Waals surface area contributed by atoms with Crippen molar-refractivity contribution in [3.05, 3.63) is 17.5 Å². The maximum Gasteiger partial charge on any atom is 0.270 e. The molecule has 0 aliphatic rings. The fraction of sp³-hybridized carbons (Fsp3) is 0. The van der Waals surface area contributed by atoms with E-state index >= 15 is 0 Å². The van der Waals surface area contributed by atoms with Crippen molar-refractivity contribution in [2.24, 2.45) is 0 Å². The number of rotatable bonds is 1. The Bertz CT molecular complexity index is 290. The van der Waals surface area contributed by atoms with E-state index in [0.717, 1.165) is 11.3 Å². The second-order valence-electron chi connectivity index (χ2n) is 1.37. The SMILES string of the molecule is C=O.O=S(=O)(Cl)c1cccs1. The average Bonchev–Trinajstić information content (AvgIpc) is 2.40. The summed E-state index contributed by atoms with van der Waals surface area (Å²) in [6.07, 6.45) is 0. The summed E-state index contributed by atoms with van der Waals surface area (Å²) in [5, 5.41) is 1.66. The molecule has 0 saturated carbocycles. The van der Waals surface area contributed by atoms with E-state index in [-0.39, 0.29) is 4.21 Å².